The number of fused-ring (bicyclic) bond motifs is 1. The van der Waals surface area contributed by atoms with Gasteiger partial charge in [-0.1, -0.05) is 6.07 Å². The molecule has 1 saturated heterocycles. The van der Waals surface area contributed by atoms with Gasteiger partial charge in [0.2, 0.25) is 0 Å². The zero-order chi connectivity index (χ0) is 27.8. The lowest BCUT2D eigenvalue weighted by Gasteiger charge is -2.24. The van der Waals surface area contributed by atoms with Crippen LogP contribution in [-0.4, -0.2) is 77.9 Å². The highest BCUT2D eigenvalue weighted by Gasteiger charge is 2.25. The van der Waals surface area contributed by atoms with Gasteiger partial charge in [0.15, 0.2) is 0 Å². The van der Waals surface area contributed by atoms with Crippen molar-refractivity contribution in [3.8, 4) is 0 Å². The molecule has 4 rings (SSSR count). The first-order valence-electron chi connectivity index (χ1n) is 14.0. The van der Waals surface area contributed by atoms with E-state index in [2.05, 4.69) is 16.0 Å². The summed E-state index contributed by atoms with van der Waals surface area (Å²) in [6, 6.07) is 5.34. The van der Waals surface area contributed by atoms with Gasteiger partial charge in [0.05, 0.1) is 17.6 Å². The van der Waals surface area contributed by atoms with E-state index in [1.807, 2.05) is 43.4 Å². The maximum atomic E-state index is 12.6. The second kappa shape index (κ2) is 13.9. The molecule has 212 valence electrons. The molecule has 1 aliphatic heterocycles. The van der Waals surface area contributed by atoms with Gasteiger partial charge in [0.25, 0.3) is 0 Å². The molecule has 0 amide bonds. The number of aromatic nitrogens is 2. The van der Waals surface area contributed by atoms with Crippen molar-refractivity contribution < 1.29 is 24.2 Å². The number of nitrogens with one attached hydrogen (secondary N) is 1. The van der Waals surface area contributed by atoms with Crippen LogP contribution in [-0.2, 0) is 32.2 Å². The summed E-state index contributed by atoms with van der Waals surface area (Å²) in [5.74, 6) is 0.887. The number of carbonyl (C=O) groups is 2. The number of benzene rings is 1. The molecule has 39 heavy (non-hydrogen) atoms. The standard InChI is InChI=1S/C30H42N4O5/c1-21(19-35)14-24(18-33(2)3)29-32-26-15-23(8-9-28(26)34(29)17-22-10-12-38-13-11-22)16-31-27(20-36)30(37)39-25-6-4-5-7-25/h8-9,14-15,18-19,22,25,27,31,36H,4-7,10-13,16-17,20H2,1-3H3/b21-14-,24-18+. The van der Waals surface area contributed by atoms with Crippen molar-refractivity contribution in [2.24, 2.45) is 5.92 Å². The second-order valence-electron chi connectivity index (χ2n) is 10.9. The summed E-state index contributed by atoms with van der Waals surface area (Å²) < 4.78 is 13.4. The smallest absolute Gasteiger partial charge is 0.325 e. The molecule has 1 aromatic heterocycles. The van der Waals surface area contributed by atoms with Crippen molar-refractivity contribution in [2.45, 2.75) is 70.7 Å². The summed E-state index contributed by atoms with van der Waals surface area (Å²) in [5, 5.41) is 13.0. The quantitative estimate of drug-likeness (QED) is 0.183. The van der Waals surface area contributed by atoms with Gasteiger partial charge in [-0.15, -0.1) is 0 Å². The zero-order valence-electron chi connectivity index (χ0n) is 23.4. The molecule has 2 heterocycles. The highest BCUT2D eigenvalue weighted by atomic mass is 16.5. The predicted octanol–water partition coefficient (Wildman–Crippen LogP) is 3.45. The minimum absolute atomic E-state index is 0.0378. The van der Waals surface area contributed by atoms with E-state index in [9.17, 15) is 14.7 Å². The maximum Gasteiger partial charge on any atom is 0.325 e. The Labute approximate surface area is 230 Å². The van der Waals surface area contributed by atoms with E-state index < -0.39 is 12.0 Å². The first kappa shape index (κ1) is 29.0. The Morgan fingerprint density at radius 1 is 1.26 bits per heavy atom. The number of carbonyl (C=O) groups excluding carboxylic acids is 2. The largest absolute Gasteiger partial charge is 0.461 e. The van der Waals surface area contributed by atoms with Crippen molar-refractivity contribution in [3.05, 3.63) is 47.4 Å². The van der Waals surface area contributed by atoms with Crippen LogP contribution in [0, 0.1) is 5.92 Å². The summed E-state index contributed by atoms with van der Waals surface area (Å²) in [6.45, 7) is 4.21. The molecule has 2 fully saturated rings. The fraction of sp³-hybridized carbons (Fsp3) is 0.567. The Bertz CT molecular complexity index is 1190. The van der Waals surface area contributed by atoms with Crippen LogP contribution in [0.2, 0.25) is 0 Å². The normalized spacial score (nSPS) is 18.5. The van der Waals surface area contributed by atoms with Gasteiger partial charge in [-0.05, 0) is 80.7 Å². The Hall–Kier alpha value is -3.01. The van der Waals surface area contributed by atoms with E-state index in [-0.39, 0.29) is 12.7 Å². The number of nitrogens with zero attached hydrogens (tertiary/aromatic N) is 3. The van der Waals surface area contributed by atoms with E-state index in [0.717, 1.165) is 92.6 Å². The first-order chi connectivity index (χ1) is 18.9. The highest BCUT2D eigenvalue weighted by molar-refractivity contribution is 5.86. The van der Waals surface area contributed by atoms with E-state index >= 15 is 0 Å². The summed E-state index contributed by atoms with van der Waals surface area (Å²) in [4.78, 5) is 31.0. The minimum atomic E-state index is -0.769. The van der Waals surface area contributed by atoms with Crippen LogP contribution in [0.15, 0.2) is 36.0 Å². The molecule has 1 atom stereocenters. The molecule has 9 heteroatoms. The fourth-order valence-electron chi connectivity index (χ4n) is 5.31. The summed E-state index contributed by atoms with van der Waals surface area (Å²) >= 11 is 0. The van der Waals surface area contributed by atoms with Gasteiger partial charge in [0.1, 0.15) is 24.3 Å². The van der Waals surface area contributed by atoms with E-state index in [0.29, 0.717) is 18.0 Å². The molecule has 2 N–H and O–H groups in total. The molecule has 0 radical (unpaired) electrons. The predicted molar refractivity (Wildman–Crippen MR) is 151 cm³/mol. The lowest BCUT2D eigenvalue weighted by molar-refractivity contribution is -0.152. The summed E-state index contributed by atoms with van der Waals surface area (Å²) in [6.07, 6.45) is 10.6. The molecular weight excluding hydrogens is 496 g/mol. The number of aliphatic hydroxyl groups excluding tert-OH is 1. The Morgan fingerprint density at radius 2 is 2.00 bits per heavy atom. The number of rotatable bonds is 12. The highest BCUT2D eigenvalue weighted by Crippen LogP contribution is 2.28. The molecular formula is C30H42N4O5. The Balaban J connectivity index is 1.61. The number of aliphatic hydroxyl groups is 1. The van der Waals surface area contributed by atoms with Crippen LogP contribution in [0.4, 0.5) is 0 Å². The Morgan fingerprint density at radius 3 is 2.67 bits per heavy atom. The number of aldehydes is 1. The second-order valence-corrected chi connectivity index (χ2v) is 10.9. The zero-order valence-corrected chi connectivity index (χ0v) is 23.4. The first-order valence-corrected chi connectivity index (χ1v) is 14.0. The monoisotopic (exact) mass is 538 g/mol. The van der Waals surface area contributed by atoms with Gasteiger partial charge in [-0.25, -0.2) is 4.98 Å². The fourth-order valence-corrected chi connectivity index (χ4v) is 5.31. The van der Waals surface area contributed by atoms with E-state index in [4.69, 9.17) is 14.5 Å². The minimum Gasteiger partial charge on any atom is -0.461 e. The molecule has 1 saturated carbocycles. The van der Waals surface area contributed by atoms with E-state index in [1.165, 1.54) is 0 Å². The van der Waals surface area contributed by atoms with Crippen LogP contribution < -0.4 is 5.32 Å². The molecule has 1 aliphatic carbocycles. The molecule has 2 aliphatic rings. The third-order valence-corrected chi connectivity index (χ3v) is 7.42. The number of esters is 1. The number of hydrogen-bond donors (Lipinski definition) is 2. The van der Waals surface area contributed by atoms with Crippen LogP contribution in [0.25, 0.3) is 16.6 Å². The molecule has 1 aromatic carbocycles. The van der Waals surface area contributed by atoms with Crippen molar-refractivity contribution in [3.63, 3.8) is 0 Å². The van der Waals surface area contributed by atoms with Crippen molar-refractivity contribution in [2.75, 3.05) is 33.9 Å². The Kier molecular flexibility index (Phi) is 10.3. The van der Waals surface area contributed by atoms with Gasteiger partial charge < -0.3 is 24.0 Å². The number of imidazole rings is 1. The van der Waals surface area contributed by atoms with Crippen molar-refractivity contribution in [1.29, 1.82) is 0 Å². The summed E-state index contributed by atoms with van der Waals surface area (Å²) in [7, 11) is 3.91. The van der Waals surface area contributed by atoms with Crippen LogP contribution in [0.1, 0.15) is 56.8 Å². The lowest BCUT2D eigenvalue weighted by atomic mass is 10.00. The van der Waals surface area contributed by atoms with Crippen LogP contribution in [0.3, 0.4) is 0 Å². The third-order valence-electron chi connectivity index (χ3n) is 7.42. The number of ether oxygens (including phenoxy) is 2. The number of allylic oxidation sites excluding steroid dienone is 3. The average Bonchev–Trinajstić information content (AvgIpc) is 3.56. The topological polar surface area (TPSA) is 106 Å². The molecule has 2 aromatic rings. The van der Waals surface area contributed by atoms with Gasteiger partial charge in [-0.2, -0.15) is 0 Å². The van der Waals surface area contributed by atoms with Gasteiger partial charge in [-0.3, -0.25) is 14.9 Å². The van der Waals surface area contributed by atoms with Crippen LogP contribution >= 0.6 is 0 Å². The lowest BCUT2D eigenvalue weighted by Crippen LogP contribution is -2.41. The number of hydrogen-bond acceptors (Lipinski definition) is 8. The average molecular weight is 539 g/mol. The van der Waals surface area contributed by atoms with Crippen molar-refractivity contribution >= 4 is 28.9 Å². The third kappa shape index (κ3) is 7.77. The molecule has 0 spiro atoms. The van der Waals surface area contributed by atoms with Crippen molar-refractivity contribution in [1.82, 2.24) is 19.8 Å². The van der Waals surface area contributed by atoms with E-state index in [1.54, 1.807) is 6.92 Å². The molecule has 9 nitrogen and oxygen atoms in total. The van der Waals surface area contributed by atoms with Gasteiger partial charge in [0, 0.05) is 52.2 Å². The van der Waals surface area contributed by atoms with Gasteiger partial charge >= 0.3 is 5.97 Å². The summed E-state index contributed by atoms with van der Waals surface area (Å²) in [5.41, 5.74) is 4.29. The SMILES string of the molecule is C/C(C=O)=C/C(=C\N(C)C)c1nc2cc(CNC(CO)C(=O)OC3CCCC3)ccc2n1CC1CCOCC1. The maximum absolute atomic E-state index is 12.6. The molecule has 1 unspecified atom stereocenters. The molecule has 0 bridgehead atoms. The van der Waals surface area contributed by atoms with Crippen LogP contribution in [0.5, 0.6) is 0 Å².